The maximum atomic E-state index is 11.2. The molecule has 0 saturated carbocycles. The second kappa shape index (κ2) is 7.56. The van der Waals surface area contributed by atoms with Gasteiger partial charge in [-0.3, -0.25) is 9.11 Å². The van der Waals surface area contributed by atoms with E-state index >= 15 is 0 Å². The van der Waals surface area contributed by atoms with E-state index in [9.17, 15) is 4.79 Å². The van der Waals surface area contributed by atoms with Crippen LogP contribution in [0, 0.1) is 0 Å². The van der Waals surface area contributed by atoms with E-state index in [2.05, 4.69) is 4.74 Å². The second-order valence-corrected chi connectivity index (χ2v) is 3.90. The fourth-order valence-electron chi connectivity index (χ4n) is 1.08. The Morgan fingerprint density at radius 1 is 1.05 bits per heavy atom. The zero-order valence-corrected chi connectivity index (χ0v) is 11.3. The van der Waals surface area contributed by atoms with Gasteiger partial charge in [0.25, 0.3) is 0 Å². The fraction of sp³-hybridized carbons (Fsp3) is 0.300. The summed E-state index contributed by atoms with van der Waals surface area (Å²) >= 11 is 0. The summed E-state index contributed by atoms with van der Waals surface area (Å²) in [6.45, 7) is 0. The van der Waals surface area contributed by atoms with Gasteiger partial charge in [0.05, 0.1) is 26.9 Å². The van der Waals surface area contributed by atoms with Crippen LogP contribution in [0.3, 0.4) is 0 Å². The molecule has 2 N–H and O–H groups in total. The Balaban J connectivity index is 0.000000555. The number of carbonyl (C=O) groups is 1. The van der Waals surface area contributed by atoms with Crippen molar-refractivity contribution < 1.29 is 36.5 Å². The average Bonchev–Trinajstić information content (AvgIpc) is 2.34. The normalized spacial score (nSPS) is 9.95. The summed E-state index contributed by atoms with van der Waals surface area (Å²) in [5, 5.41) is 0. The van der Waals surface area contributed by atoms with Crippen molar-refractivity contribution in [1.82, 2.24) is 0 Å². The molecule has 0 fully saturated rings. The van der Waals surface area contributed by atoms with Crippen LogP contribution in [0.2, 0.25) is 0 Å². The smallest absolute Gasteiger partial charge is 0.394 e. The van der Waals surface area contributed by atoms with Gasteiger partial charge in [0.15, 0.2) is 11.5 Å². The van der Waals surface area contributed by atoms with Gasteiger partial charge in [0.1, 0.15) is 0 Å². The van der Waals surface area contributed by atoms with Crippen molar-refractivity contribution >= 4 is 16.4 Å². The first kappa shape index (κ1) is 17.2. The first-order valence-corrected chi connectivity index (χ1v) is 6.12. The van der Waals surface area contributed by atoms with Crippen LogP contribution in [-0.4, -0.2) is 44.8 Å². The van der Waals surface area contributed by atoms with Gasteiger partial charge in [0.2, 0.25) is 0 Å². The Morgan fingerprint density at radius 2 is 1.53 bits per heavy atom. The monoisotopic (exact) mass is 294 g/mol. The first-order valence-electron chi connectivity index (χ1n) is 4.73. The summed E-state index contributed by atoms with van der Waals surface area (Å²) in [4.78, 5) is 11.2. The van der Waals surface area contributed by atoms with E-state index in [1.165, 1.54) is 21.3 Å². The molecule has 0 aliphatic carbocycles. The molecule has 19 heavy (non-hydrogen) atoms. The van der Waals surface area contributed by atoms with Crippen LogP contribution >= 0.6 is 0 Å². The van der Waals surface area contributed by atoms with E-state index < -0.39 is 16.4 Å². The summed E-state index contributed by atoms with van der Waals surface area (Å²) in [7, 11) is -0.284. The molecule has 1 rings (SSSR count). The fourth-order valence-corrected chi connectivity index (χ4v) is 1.08. The molecule has 0 bridgehead atoms. The third-order valence-corrected chi connectivity index (χ3v) is 1.80. The summed E-state index contributed by atoms with van der Waals surface area (Å²) in [5.74, 6) is 0.696. The van der Waals surface area contributed by atoms with Crippen molar-refractivity contribution in [2.75, 3.05) is 21.3 Å². The number of ether oxygens (including phenoxy) is 3. The predicted molar refractivity (Wildman–Crippen MR) is 65.1 cm³/mol. The molecule has 0 aliphatic heterocycles. The number of methoxy groups -OCH3 is 3. The van der Waals surface area contributed by atoms with Gasteiger partial charge in [-0.25, -0.2) is 4.79 Å². The molecule has 9 heteroatoms. The van der Waals surface area contributed by atoms with Gasteiger partial charge in [-0.15, -0.1) is 0 Å². The zero-order chi connectivity index (χ0) is 15.1. The van der Waals surface area contributed by atoms with Gasteiger partial charge in [-0.2, -0.15) is 8.42 Å². The third kappa shape index (κ3) is 7.24. The highest BCUT2D eigenvalue weighted by Crippen LogP contribution is 2.27. The maximum absolute atomic E-state index is 11.2. The molecule has 108 valence electrons. The summed E-state index contributed by atoms with van der Waals surface area (Å²) in [6.07, 6.45) is 0. The molecular weight excluding hydrogens is 280 g/mol. The third-order valence-electron chi connectivity index (χ3n) is 1.80. The molecule has 1 aromatic rings. The van der Waals surface area contributed by atoms with Crippen LogP contribution in [0.15, 0.2) is 18.2 Å². The number of rotatable bonds is 3. The van der Waals surface area contributed by atoms with Crippen LogP contribution in [-0.2, 0) is 15.1 Å². The van der Waals surface area contributed by atoms with E-state index in [4.69, 9.17) is 27.0 Å². The van der Waals surface area contributed by atoms with Crippen molar-refractivity contribution in [2.45, 2.75) is 0 Å². The molecule has 0 atom stereocenters. The minimum absolute atomic E-state index is 0.397. The highest BCUT2D eigenvalue weighted by molar-refractivity contribution is 7.79. The van der Waals surface area contributed by atoms with Crippen molar-refractivity contribution in [2.24, 2.45) is 0 Å². The van der Waals surface area contributed by atoms with Crippen molar-refractivity contribution in [3.63, 3.8) is 0 Å². The highest BCUT2D eigenvalue weighted by Gasteiger charge is 2.09. The number of hydrogen-bond acceptors (Lipinski definition) is 6. The Kier molecular flexibility index (Phi) is 6.83. The van der Waals surface area contributed by atoms with Gasteiger partial charge in [0, 0.05) is 0 Å². The zero-order valence-electron chi connectivity index (χ0n) is 10.5. The summed E-state index contributed by atoms with van der Waals surface area (Å²) < 4.78 is 46.2. The lowest BCUT2D eigenvalue weighted by Gasteiger charge is -2.08. The van der Waals surface area contributed by atoms with Gasteiger partial charge in [-0.05, 0) is 18.2 Å². The van der Waals surface area contributed by atoms with E-state index in [1.807, 2.05) is 0 Å². The number of hydrogen-bond donors (Lipinski definition) is 2. The number of carbonyl (C=O) groups excluding carboxylic acids is 1. The maximum Gasteiger partial charge on any atom is 0.394 e. The Morgan fingerprint density at radius 3 is 1.89 bits per heavy atom. The Bertz CT molecular complexity index is 514. The molecule has 0 unspecified atom stereocenters. The van der Waals surface area contributed by atoms with Gasteiger partial charge in [-0.1, -0.05) is 0 Å². The molecule has 0 radical (unpaired) electrons. The SMILES string of the molecule is COC(=O)c1ccc(OC)c(OC)c1.O=S(=O)(O)O. The number of esters is 1. The Hall–Kier alpha value is -1.84. The molecular formula is C10H14O8S. The van der Waals surface area contributed by atoms with Gasteiger partial charge < -0.3 is 14.2 Å². The summed E-state index contributed by atoms with van der Waals surface area (Å²) in [5.41, 5.74) is 0.435. The topological polar surface area (TPSA) is 119 Å². The van der Waals surface area contributed by atoms with E-state index in [1.54, 1.807) is 18.2 Å². The molecule has 0 aromatic heterocycles. The second-order valence-electron chi connectivity index (χ2n) is 3.01. The lowest BCUT2D eigenvalue weighted by Crippen LogP contribution is -2.02. The standard InChI is InChI=1S/C10H12O4.H2O4S/c1-12-8-5-4-7(10(11)14-3)6-9(8)13-2;1-5(2,3)4/h4-6H,1-3H3;(H2,1,2,3,4). The van der Waals surface area contributed by atoms with E-state index in [-0.39, 0.29) is 0 Å². The number of benzene rings is 1. The lowest BCUT2D eigenvalue weighted by atomic mass is 10.2. The molecule has 0 aliphatic rings. The van der Waals surface area contributed by atoms with Crippen LogP contribution in [0.5, 0.6) is 11.5 Å². The molecule has 1 aromatic carbocycles. The molecule has 8 nitrogen and oxygen atoms in total. The largest absolute Gasteiger partial charge is 0.493 e. The minimum Gasteiger partial charge on any atom is -0.493 e. The minimum atomic E-state index is -4.67. The molecule has 0 saturated heterocycles. The first-order chi connectivity index (χ1) is 8.72. The average molecular weight is 294 g/mol. The van der Waals surface area contributed by atoms with Crippen molar-refractivity contribution in [1.29, 1.82) is 0 Å². The molecule has 0 heterocycles. The molecule has 0 spiro atoms. The molecule has 0 amide bonds. The van der Waals surface area contributed by atoms with Crippen molar-refractivity contribution in [3.8, 4) is 11.5 Å². The predicted octanol–water partition coefficient (Wildman–Crippen LogP) is 0.838. The van der Waals surface area contributed by atoms with Crippen LogP contribution in [0.1, 0.15) is 10.4 Å². The lowest BCUT2D eigenvalue weighted by molar-refractivity contribution is 0.0600. The van der Waals surface area contributed by atoms with Crippen LogP contribution < -0.4 is 9.47 Å². The van der Waals surface area contributed by atoms with E-state index in [0.717, 1.165) is 0 Å². The van der Waals surface area contributed by atoms with Gasteiger partial charge >= 0.3 is 16.4 Å². The van der Waals surface area contributed by atoms with Crippen molar-refractivity contribution in [3.05, 3.63) is 23.8 Å². The van der Waals surface area contributed by atoms with E-state index in [0.29, 0.717) is 17.1 Å². The van der Waals surface area contributed by atoms with Crippen LogP contribution in [0.4, 0.5) is 0 Å². The van der Waals surface area contributed by atoms with Crippen LogP contribution in [0.25, 0.3) is 0 Å². The summed E-state index contributed by atoms with van der Waals surface area (Å²) in [6, 6.07) is 4.85. The quantitative estimate of drug-likeness (QED) is 0.621. The Labute approximate surface area is 110 Å². The highest BCUT2D eigenvalue weighted by atomic mass is 32.3.